The molecule has 33 heavy (non-hydrogen) atoms. The van der Waals surface area contributed by atoms with Gasteiger partial charge in [-0.25, -0.2) is 15.0 Å². The molecule has 2 aromatic carbocycles. The number of amides is 1. The second-order valence-electron chi connectivity index (χ2n) is 7.31. The van der Waals surface area contributed by atoms with Crippen LogP contribution in [0.15, 0.2) is 66.9 Å². The molecule has 9 heteroatoms. The molecule has 3 N–H and O–H groups in total. The topological polar surface area (TPSA) is 91.8 Å². The minimum atomic E-state index is -0.315. The Labute approximate surface area is 201 Å². The summed E-state index contributed by atoms with van der Waals surface area (Å²) >= 11 is 12.0. The molecule has 4 rings (SSSR count). The van der Waals surface area contributed by atoms with E-state index in [1.165, 1.54) is 6.07 Å². The molecule has 1 amide bonds. The molecule has 0 radical (unpaired) electrons. The fraction of sp³-hybridized carbons (Fsp3) is 0.0833. The van der Waals surface area contributed by atoms with Gasteiger partial charge in [0.2, 0.25) is 0 Å². The van der Waals surface area contributed by atoms with Crippen LogP contribution in [-0.4, -0.2) is 20.9 Å². The van der Waals surface area contributed by atoms with Gasteiger partial charge in [0.15, 0.2) is 0 Å². The lowest BCUT2D eigenvalue weighted by Crippen LogP contribution is -2.12. The van der Waals surface area contributed by atoms with E-state index >= 15 is 0 Å². The maximum atomic E-state index is 12.5. The molecule has 2 aromatic heterocycles. The zero-order valence-electron chi connectivity index (χ0n) is 17.9. The minimum absolute atomic E-state index is 0.294. The Bertz CT molecular complexity index is 1310. The first-order valence-corrected chi connectivity index (χ1v) is 10.8. The molecule has 0 unspecified atom stereocenters. The van der Waals surface area contributed by atoms with E-state index in [9.17, 15) is 4.79 Å². The van der Waals surface area contributed by atoms with Gasteiger partial charge in [-0.05, 0) is 74.0 Å². The van der Waals surface area contributed by atoms with Crippen molar-refractivity contribution in [1.29, 1.82) is 0 Å². The molecule has 0 aliphatic carbocycles. The zero-order valence-corrected chi connectivity index (χ0v) is 19.4. The van der Waals surface area contributed by atoms with Crippen LogP contribution < -0.4 is 16.0 Å². The Hall–Kier alpha value is -3.68. The van der Waals surface area contributed by atoms with Gasteiger partial charge >= 0.3 is 0 Å². The van der Waals surface area contributed by atoms with E-state index in [2.05, 4.69) is 30.9 Å². The van der Waals surface area contributed by atoms with Crippen molar-refractivity contribution >= 4 is 57.9 Å². The van der Waals surface area contributed by atoms with Crippen molar-refractivity contribution in [3.8, 4) is 0 Å². The molecule has 0 aliphatic heterocycles. The third-order valence-electron chi connectivity index (χ3n) is 4.60. The number of halogens is 2. The number of nitrogens with one attached hydrogen (secondary N) is 3. The number of carbonyl (C=O) groups is 1. The fourth-order valence-corrected chi connectivity index (χ4v) is 3.58. The smallest absolute Gasteiger partial charge is 0.257 e. The molecule has 0 saturated heterocycles. The third kappa shape index (κ3) is 5.97. The summed E-state index contributed by atoms with van der Waals surface area (Å²) in [6.07, 6.45) is 1.74. The van der Waals surface area contributed by atoms with Gasteiger partial charge in [0, 0.05) is 28.7 Å². The monoisotopic (exact) mass is 478 g/mol. The van der Waals surface area contributed by atoms with Crippen molar-refractivity contribution in [2.24, 2.45) is 0 Å². The van der Waals surface area contributed by atoms with Crippen molar-refractivity contribution in [3.05, 3.63) is 93.9 Å². The van der Waals surface area contributed by atoms with E-state index < -0.39 is 0 Å². The fourth-order valence-electron chi connectivity index (χ4n) is 3.09. The molecule has 7 nitrogen and oxygen atoms in total. The molecule has 0 aliphatic rings. The molecular formula is C24H20Cl2N6O. The lowest BCUT2D eigenvalue weighted by molar-refractivity contribution is 0.102. The number of hydrogen-bond acceptors (Lipinski definition) is 6. The largest absolute Gasteiger partial charge is 0.340 e. The van der Waals surface area contributed by atoms with Crippen LogP contribution in [0.2, 0.25) is 10.0 Å². The Morgan fingerprint density at radius 2 is 1.48 bits per heavy atom. The highest BCUT2D eigenvalue weighted by atomic mass is 35.5. The summed E-state index contributed by atoms with van der Waals surface area (Å²) in [5, 5.41) is 10.0. The van der Waals surface area contributed by atoms with Gasteiger partial charge in [0.05, 0.1) is 10.6 Å². The molecule has 0 saturated carbocycles. The van der Waals surface area contributed by atoms with Crippen molar-refractivity contribution in [1.82, 2.24) is 15.0 Å². The predicted molar refractivity (Wildman–Crippen MR) is 133 cm³/mol. The maximum Gasteiger partial charge on any atom is 0.257 e. The van der Waals surface area contributed by atoms with Gasteiger partial charge in [-0.2, -0.15) is 0 Å². The van der Waals surface area contributed by atoms with E-state index in [4.69, 9.17) is 23.2 Å². The van der Waals surface area contributed by atoms with Gasteiger partial charge in [0.1, 0.15) is 23.3 Å². The van der Waals surface area contributed by atoms with E-state index in [1.54, 1.807) is 36.5 Å². The van der Waals surface area contributed by atoms with Crippen molar-refractivity contribution in [2.45, 2.75) is 13.8 Å². The van der Waals surface area contributed by atoms with E-state index in [1.807, 2.05) is 38.1 Å². The number of rotatable bonds is 6. The molecule has 4 aromatic rings. The maximum absolute atomic E-state index is 12.5. The number of carbonyl (C=O) groups excluding carboxylic acids is 1. The number of hydrogen-bond donors (Lipinski definition) is 3. The third-order valence-corrected chi connectivity index (χ3v) is 5.15. The first-order chi connectivity index (χ1) is 15.9. The van der Waals surface area contributed by atoms with Crippen LogP contribution in [0.3, 0.4) is 0 Å². The predicted octanol–water partition coefficient (Wildman–Crippen LogP) is 6.53. The summed E-state index contributed by atoms with van der Waals surface area (Å²) in [6.45, 7) is 3.82. The number of aryl methyl sites for hydroxylation is 2. The number of anilines is 5. The lowest BCUT2D eigenvalue weighted by atomic mass is 10.2. The summed E-state index contributed by atoms with van der Waals surface area (Å²) in [5.41, 5.74) is 2.88. The van der Waals surface area contributed by atoms with Crippen molar-refractivity contribution in [3.63, 3.8) is 0 Å². The Balaban J connectivity index is 1.44. The van der Waals surface area contributed by atoms with Crippen LogP contribution in [0.4, 0.5) is 28.8 Å². The standard InChI is InChI=1S/C24H20Cl2N6O/c1-14-9-10-27-21(11-14)32-23-13-22(28-15(2)29-23)30-17-4-6-18(7-5-17)31-24(33)19-8-3-16(25)12-20(19)26/h3-13H,1-2H3,(H,31,33)(H2,27,28,29,30,32). The van der Waals surface area contributed by atoms with Crippen LogP contribution in [-0.2, 0) is 0 Å². The average molecular weight is 479 g/mol. The Morgan fingerprint density at radius 1 is 0.788 bits per heavy atom. The van der Waals surface area contributed by atoms with Gasteiger partial charge in [-0.3, -0.25) is 4.79 Å². The summed E-state index contributed by atoms with van der Waals surface area (Å²) < 4.78 is 0. The molecule has 0 fully saturated rings. The zero-order chi connectivity index (χ0) is 23.4. The second kappa shape index (κ2) is 9.85. The highest BCUT2D eigenvalue weighted by Crippen LogP contribution is 2.24. The highest BCUT2D eigenvalue weighted by Gasteiger charge is 2.11. The summed E-state index contributed by atoms with van der Waals surface area (Å²) in [5.74, 6) is 2.26. The first kappa shape index (κ1) is 22.5. The normalized spacial score (nSPS) is 10.5. The summed E-state index contributed by atoms with van der Waals surface area (Å²) in [4.78, 5) is 25.6. The van der Waals surface area contributed by atoms with Gasteiger partial charge in [0.25, 0.3) is 5.91 Å². The summed E-state index contributed by atoms with van der Waals surface area (Å²) in [6, 6.07) is 17.7. The number of nitrogens with zero attached hydrogens (tertiary/aromatic N) is 3. The molecule has 0 atom stereocenters. The molecule has 0 bridgehead atoms. The van der Waals surface area contributed by atoms with Gasteiger partial charge in [-0.15, -0.1) is 0 Å². The minimum Gasteiger partial charge on any atom is -0.340 e. The highest BCUT2D eigenvalue weighted by molar-refractivity contribution is 6.37. The number of pyridine rings is 1. The van der Waals surface area contributed by atoms with Crippen LogP contribution >= 0.6 is 23.2 Å². The first-order valence-electron chi connectivity index (χ1n) is 10.0. The van der Waals surface area contributed by atoms with Crippen molar-refractivity contribution in [2.75, 3.05) is 16.0 Å². The van der Waals surface area contributed by atoms with Gasteiger partial charge in [-0.1, -0.05) is 23.2 Å². The molecule has 2 heterocycles. The molecule has 166 valence electrons. The number of benzene rings is 2. The van der Waals surface area contributed by atoms with Gasteiger partial charge < -0.3 is 16.0 Å². The Morgan fingerprint density at radius 3 is 2.18 bits per heavy atom. The van der Waals surface area contributed by atoms with Crippen LogP contribution in [0, 0.1) is 13.8 Å². The van der Waals surface area contributed by atoms with Crippen LogP contribution in [0.1, 0.15) is 21.7 Å². The summed E-state index contributed by atoms with van der Waals surface area (Å²) in [7, 11) is 0. The lowest BCUT2D eigenvalue weighted by Gasteiger charge is -2.11. The van der Waals surface area contributed by atoms with E-state index in [0.29, 0.717) is 44.6 Å². The molecule has 0 spiro atoms. The van der Waals surface area contributed by atoms with Crippen molar-refractivity contribution < 1.29 is 4.79 Å². The van der Waals surface area contributed by atoms with E-state index in [-0.39, 0.29) is 5.91 Å². The number of aromatic nitrogens is 3. The second-order valence-corrected chi connectivity index (χ2v) is 8.15. The van der Waals surface area contributed by atoms with E-state index in [0.717, 1.165) is 11.3 Å². The van der Waals surface area contributed by atoms with Crippen LogP contribution in [0.5, 0.6) is 0 Å². The molecular weight excluding hydrogens is 459 g/mol. The SMILES string of the molecule is Cc1ccnc(Nc2cc(Nc3ccc(NC(=O)c4ccc(Cl)cc4Cl)cc3)nc(C)n2)c1. The Kier molecular flexibility index (Phi) is 6.72. The van der Waals surface area contributed by atoms with Crippen LogP contribution in [0.25, 0.3) is 0 Å². The average Bonchev–Trinajstić information content (AvgIpc) is 2.74. The quantitative estimate of drug-likeness (QED) is 0.291.